The summed E-state index contributed by atoms with van der Waals surface area (Å²) in [5.74, 6) is -1.48. The molecule has 18 heavy (non-hydrogen) atoms. The number of likely N-dealkylation sites (N-methyl/N-ethyl adjacent to an activating group) is 1. The number of nitrogens with one attached hydrogen (secondary N) is 3. The molecule has 0 atom stereocenters. The van der Waals surface area contributed by atoms with Gasteiger partial charge in [0.25, 0.3) is 5.79 Å². The Labute approximate surface area is 107 Å². The molecule has 1 aromatic carbocycles. The number of para-hydroxylation sites is 2. The molecule has 0 radical (unpaired) electrons. The van der Waals surface area contributed by atoms with Crippen LogP contribution in [-0.2, 0) is 9.53 Å². The Balaban J connectivity index is 2.23. The van der Waals surface area contributed by atoms with Gasteiger partial charge in [-0.25, -0.2) is 4.79 Å². The van der Waals surface area contributed by atoms with Crippen molar-refractivity contribution in [2.45, 2.75) is 32.2 Å². The van der Waals surface area contributed by atoms with E-state index in [1.165, 1.54) is 0 Å². The zero-order valence-electron chi connectivity index (χ0n) is 11.1. The lowest BCUT2D eigenvalue weighted by Gasteiger charge is -2.31. The standard InChI is InChI=1S/C13H19N3O2/c1-12(2,3)18-11(17)13(14-4)15-9-7-5-6-8-10(9)16-13/h5-8,14-16H,1-4H3. The monoisotopic (exact) mass is 249 g/mol. The number of benzene rings is 1. The van der Waals surface area contributed by atoms with Gasteiger partial charge in [-0.2, -0.15) is 0 Å². The molecule has 5 heteroatoms. The molecule has 0 bridgehead atoms. The van der Waals surface area contributed by atoms with Crippen LogP contribution in [-0.4, -0.2) is 24.4 Å². The van der Waals surface area contributed by atoms with Crippen LogP contribution in [0.4, 0.5) is 11.4 Å². The molecule has 1 heterocycles. The minimum atomic E-state index is -1.10. The van der Waals surface area contributed by atoms with Gasteiger partial charge in [0.05, 0.1) is 11.4 Å². The van der Waals surface area contributed by atoms with E-state index in [0.717, 1.165) is 11.4 Å². The summed E-state index contributed by atoms with van der Waals surface area (Å²) in [6.07, 6.45) is 0. The molecule has 0 aromatic heterocycles. The third kappa shape index (κ3) is 2.26. The normalized spacial score (nSPS) is 16.4. The number of anilines is 2. The van der Waals surface area contributed by atoms with Crippen LogP contribution in [0.5, 0.6) is 0 Å². The highest BCUT2D eigenvalue weighted by Gasteiger charge is 2.45. The van der Waals surface area contributed by atoms with Crippen LogP contribution >= 0.6 is 0 Å². The third-order valence-corrected chi connectivity index (χ3v) is 2.65. The maximum absolute atomic E-state index is 12.3. The van der Waals surface area contributed by atoms with Crippen molar-refractivity contribution in [2.75, 3.05) is 17.7 Å². The molecule has 0 saturated carbocycles. The smallest absolute Gasteiger partial charge is 0.369 e. The highest BCUT2D eigenvalue weighted by molar-refractivity contribution is 5.93. The molecule has 0 amide bonds. The first-order valence-electron chi connectivity index (χ1n) is 5.94. The number of hydrogen-bond donors (Lipinski definition) is 3. The lowest BCUT2D eigenvalue weighted by Crippen LogP contribution is -2.61. The number of hydrogen-bond acceptors (Lipinski definition) is 5. The molecule has 3 N–H and O–H groups in total. The van der Waals surface area contributed by atoms with E-state index in [4.69, 9.17) is 4.74 Å². The Morgan fingerprint density at radius 1 is 1.22 bits per heavy atom. The van der Waals surface area contributed by atoms with Gasteiger partial charge in [-0.3, -0.25) is 5.32 Å². The highest BCUT2D eigenvalue weighted by atomic mass is 16.6. The zero-order valence-corrected chi connectivity index (χ0v) is 11.1. The van der Waals surface area contributed by atoms with Crippen LogP contribution in [0.15, 0.2) is 24.3 Å². The summed E-state index contributed by atoms with van der Waals surface area (Å²) in [5.41, 5.74) is 1.22. The van der Waals surface area contributed by atoms with Crippen LogP contribution in [0.25, 0.3) is 0 Å². The van der Waals surface area contributed by atoms with E-state index in [0.29, 0.717) is 0 Å². The van der Waals surface area contributed by atoms with Gasteiger partial charge in [0, 0.05) is 0 Å². The van der Waals surface area contributed by atoms with Crippen molar-refractivity contribution < 1.29 is 9.53 Å². The van der Waals surface area contributed by atoms with Crippen molar-refractivity contribution in [1.29, 1.82) is 0 Å². The van der Waals surface area contributed by atoms with Gasteiger partial charge in [0.2, 0.25) is 0 Å². The number of rotatable bonds is 2. The molecule has 1 aliphatic heterocycles. The summed E-state index contributed by atoms with van der Waals surface area (Å²) in [7, 11) is 1.70. The summed E-state index contributed by atoms with van der Waals surface area (Å²) in [6.45, 7) is 5.53. The van der Waals surface area contributed by atoms with E-state index in [-0.39, 0.29) is 5.97 Å². The van der Waals surface area contributed by atoms with Crippen LogP contribution in [0, 0.1) is 0 Å². The van der Waals surface area contributed by atoms with Gasteiger partial charge in [-0.1, -0.05) is 12.1 Å². The molecule has 0 fully saturated rings. The third-order valence-electron chi connectivity index (χ3n) is 2.65. The highest BCUT2D eigenvalue weighted by Crippen LogP contribution is 2.33. The van der Waals surface area contributed by atoms with E-state index >= 15 is 0 Å². The van der Waals surface area contributed by atoms with Crippen molar-refractivity contribution in [2.24, 2.45) is 0 Å². The minimum Gasteiger partial charge on any atom is -0.456 e. The van der Waals surface area contributed by atoms with E-state index in [9.17, 15) is 4.79 Å². The van der Waals surface area contributed by atoms with E-state index in [1.807, 2.05) is 45.0 Å². The predicted octanol–water partition coefficient (Wildman–Crippen LogP) is 1.74. The maximum atomic E-state index is 12.3. The summed E-state index contributed by atoms with van der Waals surface area (Å²) < 4.78 is 5.42. The fraction of sp³-hybridized carbons (Fsp3) is 0.462. The maximum Gasteiger partial charge on any atom is 0.369 e. The van der Waals surface area contributed by atoms with Crippen LogP contribution in [0.2, 0.25) is 0 Å². The average molecular weight is 249 g/mol. The second-order valence-electron chi connectivity index (χ2n) is 5.30. The second-order valence-corrected chi connectivity index (χ2v) is 5.30. The van der Waals surface area contributed by atoms with Crippen LogP contribution < -0.4 is 16.0 Å². The van der Waals surface area contributed by atoms with E-state index < -0.39 is 11.4 Å². The van der Waals surface area contributed by atoms with Gasteiger partial charge < -0.3 is 15.4 Å². The molecule has 0 spiro atoms. The summed E-state index contributed by atoms with van der Waals surface area (Å²) in [6, 6.07) is 7.64. The first-order chi connectivity index (χ1) is 8.36. The van der Waals surface area contributed by atoms with Crippen molar-refractivity contribution in [3.63, 3.8) is 0 Å². The Hall–Kier alpha value is -1.75. The van der Waals surface area contributed by atoms with Crippen LogP contribution in [0.3, 0.4) is 0 Å². The summed E-state index contributed by atoms with van der Waals surface area (Å²) in [5, 5.41) is 9.20. The first kappa shape index (κ1) is 12.7. The predicted molar refractivity (Wildman–Crippen MR) is 71.3 cm³/mol. The molecule has 0 unspecified atom stereocenters. The molecule has 2 rings (SSSR count). The molecule has 0 aliphatic carbocycles. The Kier molecular flexibility index (Phi) is 2.94. The molecule has 98 valence electrons. The van der Waals surface area contributed by atoms with Crippen molar-refractivity contribution in [3.8, 4) is 0 Å². The molecular formula is C13H19N3O2. The van der Waals surface area contributed by atoms with Gasteiger partial charge in [-0.05, 0) is 40.0 Å². The molecular weight excluding hydrogens is 230 g/mol. The summed E-state index contributed by atoms with van der Waals surface area (Å²) >= 11 is 0. The van der Waals surface area contributed by atoms with E-state index in [1.54, 1.807) is 7.05 Å². The van der Waals surface area contributed by atoms with Gasteiger partial charge in [0.15, 0.2) is 0 Å². The fourth-order valence-electron chi connectivity index (χ4n) is 1.82. The number of carbonyl (C=O) groups is 1. The van der Waals surface area contributed by atoms with Gasteiger partial charge in [0.1, 0.15) is 5.60 Å². The Bertz CT molecular complexity index is 441. The SMILES string of the molecule is CNC1(C(=O)OC(C)(C)C)Nc2ccccc2N1. The average Bonchev–Trinajstić information content (AvgIpc) is 2.66. The number of ether oxygens (including phenoxy) is 1. The number of fused-ring (bicyclic) bond motifs is 1. The quantitative estimate of drug-likeness (QED) is 0.697. The van der Waals surface area contributed by atoms with Crippen molar-refractivity contribution in [3.05, 3.63) is 24.3 Å². The Morgan fingerprint density at radius 2 is 1.72 bits per heavy atom. The van der Waals surface area contributed by atoms with Crippen LogP contribution in [0.1, 0.15) is 20.8 Å². The van der Waals surface area contributed by atoms with Crippen molar-refractivity contribution >= 4 is 17.3 Å². The molecule has 1 aliphatic rings. The minimum absolute atomic E-state index is 0.381. The summed E-state index contributed by atoms with van der Waals surface area (Å²) in [4.78, 5) is 12.3. The lowest BCUT2D eigenvalue weighted by molar-refractivity contribution is -0.160. The molecule has 0 saturated heterocycles. The zero-order chi connectivity index (χ0) is 13.4. The van der Waals surface area contributed by atoms with Crippen molar-refractivity contribution in [1.82, 2.24) is 5.32 Å². The molecule has 5 nitrogen and oxygen atoms in total. The topological polar surface area (TPSA) is 62.4 Å². The van der Waals surface area contributed by atoms with E-state index in [2.05, 4.69) is 16.0 Å². The second kappa shape index (κ2) is 4.17. The number of carbonyl (C=O) groups excluding carboxylic acids is 1. The molecule has 1 aromatic rings. The Morgan fingerprint density at radius 3 is 2.11 bits per heavy atom. The van der Waals surface area contributed by atoms with Gasteiger partial charge in [-0.15, -0.1) is 0 Å². The first-order valence-corrected chi connectivity index (χ1v) is 5.94. The lowest BCUT2D eigenvalue weighted by atomic mass is 10.2. The largest absolute Gasteiger partial charge is 0.456 e. The number of esters is 1. The van der Waals surface area contributed by atoms with Gasteiger partial charge >= 0.3 is 5.97 Å². The fourth-order valence-corrected chi connectivity index (χ4v) is 1.82.